The van der Waals surface area contributed by atoms with E-state index in [1.807, 2.05) is 0 Å². The van der Waals surface area contributed by atoms with Gasteiger partial charge in [0.1, 0.15) is 0 Å². The van der Waals surface area contributed by atoms with Crippen molar-refractivity contribution in [2.24, 2.45) is 0 Å². The average molecular weight is 261 g/mol. The number of carbonyl (C=O) groups is 4. The summed E-state index contributed by atoms with van der Waals surface area (Å²) >= 11 is 0. The van der Waals surface area contributed by atoms with Crippen LogP contribution in [0.15, 0.2) is 0 Å². The molecule has 0 saturated heterocycles. The van der Waals surface area contributed by atoms with Crippen molar-refractivity contribution in [2.45, 2.75) is 32.3 Å². The van der Waals surface area contributed by atoms with Gasteiger partial charge >= 0.3 is 17.9 Å². The van der Waals surface area contributed by atoms with Gasteiger partial charge in [0, 0.05) is 19.3 Å². The monoisotopic (exact) mass is 261 g/mol. The van der Waals surface area contributed by atoms with Crippen LogP contribution in [-0.4, -0.2) is 41.2 Å². The van der Waals surface area contributed by atoms with Crippen molar-refractivity contribution in [3.8, 4) is 0 Å². The lowest BCUT2D eigenvalue weighted by molar-refractivity contribution is -0.309. The Balaban J connectivity index is 4.86. The third kappa shape index (κ3) is 5.39. The number of hydrogen-bond acceptors (Lipinski definition) is 8. The molecule has 0 heterocycles. The van der Waals surface area contributed by atoms with Crippen LogP contribution < -0.4 is 5.11 Å². The molecule has 0 fully saturated rings. The maximum atomic E-state index is 11.4. The average Bonchev–Trinajstić information content (AvgIpc) is 2.14. The molecular formula is C10H13O8-. The fourth-order valence-corrected chi connectivity index (χ4v) is 1.15. The first-order valence-corrected chi connectivity index (χ1v) is 5.02. The highest BCUT2D eigenvalue weighted by Gasteiger charge is 2.41. The van der Waals surface area contributed by atoms with Gasteiger partial charge in [-0.3, -0.25) is 9.59 Å². The standard InChI is InChI=1S/C10H14O8/c1-3-17-9(15)10(16,4-7(12)13)5-8(14)18-6(2)11/h16H,3-5H2,1-2H3,(H,12,13)/p-1. The fraction of sp³-hybridized carbons (Fsp3) is 0.600. The largest absolute Gasteiger partial charge is 0.550 e. The molecule has 8 heteroatoms. The first-order valence-electron chi connectivity index (χ1n) is 5.02. The molecule has 1 atom stereocenters. The number of aliphatic carboxylic acids is 1. The zero-order chi connectivity index (χ0) is 14.3. The summed E-state index contributed by atoms with van der Waals surface area (Å²) in [4.78, 5) is 43.4. The summed E-state index contributed by atoms with van der Waals surface area (Å²) in [5.74, 6) is -5.23. The quantitative estimate of drug-likeness (QED) is 0.425. The third-order valence-electron chi connectivity index (χ3n) is 1.79. The van der Waals surface area contributed by atoms with E-state index in [0.29, 0.717) is 0 Å². The molecule has 0 aliphatic heterocycles. The lowest BCUT2D eigenvalue weighted by atomic mass is 9.96. The van der Waals surface area contributed by atoms with Crippen molar-refractivity contribution in [1.82, 2.24) is 0 Å². The van der Waals surface area contributed by atoms with E-state index in [9.17, 15) is 29.4 Å². The van der Waals surface area contributed by atoms with Gasteiger partial charge in [-0.25, -0.2) is 4.79 Å². The van der Waals surface area contributed by atoms with E-state index < -0.39 is 42.3 Å². The molecule has 0 aromatic carbocycles. The maximum absolute atomic E-state index is 11.4. The van der Waals surface area contributed by atoms with Gasteiger partial charge in [-0.15, -0.1) is 0 Å². The van der Waals surface area contributed by atoms with E-state index in [1.54, 1.807) is 0 Å². The predicted octanol–water partition coefficient (Wildman–Crippen LogP) is -2.10. The Morgan fingerprint density at radius 1 is 1.22 bits per heavy atom. The van der Waals surface area contributed by atoms with Crippen LogP contribution in [0.4, 0.5) is 0 Å². The number of aliphatic hydroxyl groups is 1. The van der Waals surface area contributed by atoms with Crippen molar-refractivity contribution in [2.75, 3.05) is 6.61 Å². The molecule has 0 aromatic heterocycles. The van der Waals surface area contributed by atoms with Gasteiger partial charge in [-0.05, 0) is 6.92 Å². The van der Waals surface area contributed by atoms with Crippen LogP contribution in [0.5, 0.6) is 0 Å². The van der Waals surface area contributed by atoms with E-state index in [4.69, 9.17) is 0 Å². The molecule has 1 unspecified atom stereocenters. The Morgan fingerprint density at radius 2 is 1.78 bits per heavy atom. The van der Waals surface area contributed by atoms with Crippen molar-refractivity contribution < 1.29 is 38.9 Å². The minimum atomic E-state index is -2.61. The lowest BCUT2D eigenvalue weighted by Gasteiger charge is -2.24. The molecule has 18 heavy (non-hydrogen) atoms. The van der Waals surface area contributed by atoms with Crippen LogP contribution in [-0.2, 0) is 28.7 Å². The number of carboxylic acid groups (broad SMARTS) is 1. The van der Waals surface area contributed by atoms with E-state index in [0.717, 1.165) is 6.92 Å². The maximum Gasteiger partial charge on any atom is 0.339 e. The normalized spacial score (nSPS) is 13.3. The van der Waals surface area contributed by atoms with Crippen LogP contribution in [0, 0.1) is 0 Å². The third-order valence-corrected chi connectivity index (χ3v) is 1.79. The van der Waals surface area contributed by atoms with E-state index in [2.05, 4.69) is 9.47 Å². The minimum absolute atomic E-state index is 0.115. The Hall–Kier alpha value is -1.96. The Morgan fingerprint density at radius 3 is 2.17 bits per heavy atom. The number of ether oxygens (including phenoxy) is 2. The molecule has 0 saturated carbocycles. The van der Waals surface area contributed by atoms with Crippen molar-refractivity contribution in [3.05, 3.63) is 0 Å². The molecule has 1 N–H and O–H groups in total. The van der Waals surface area contributed by atoms with Gasteiger partial charge in [0.15, 0.2) is 5.60 Å². The molecular weight excluding hydrogens is 248 g/mol. The Bertz CT molecular complexity index is 361. The van der Waals surface area contributed by atoms with Gasteiger partial charge in [0.2, 0.25) is 0 Å². The van der Waals surface area contributed by atoms with Gasteiger partial charge < -0.3 is 24.5 Å². The highest BCUT2D eigenvalue weighted by Crippen LogP contribution is 2.18. The number of carbonyl (C=O) groups excluding carboxylic acids is 4. The summed E-state index contributed by atoms with van der Waals surface area (Å²) in [6.07, 6.45) is -2.15. The van der Waals surface area contributed by atoms with Gasteiger partial charge in [-0.1, -0.05) is 0 Å². The van der Waals surface area contributed by atoms with Crippen LogP contribution in [0.1, 0.15) is 26.7 Å². The van der Waals surface area contributed by atoms with Gasteiger partial charge in [0.25, 0.3) is 0 Å². The molecule has 0 aliphatic carbocycles. The lowest BCUT2D eigenvalue weighted by Crippen LogP contribution is -2.47. The highest BCUT2D eigenvalue weighted by molar-refractivity contribution is 5.92. The van der Waals surface area contributed by atoms with Gasteiger partial charge in [0.05, 0.1) is 13.0 Å². The Kier molecular flexibility index (Phi) is 5.97. The molecule has 0 spiro atoms. The summed E-state index contributed by atoms with van der Waals surface area (Å²) in [5.41, 5.74) is -2.61. The van der Waals surface area contributed by atoms with E-state index >= 15 is 0 Å². The first-order chi connectivity index (χ1) is 8.21. The van der Waals surface area contributed by atoms with Gasteiger partial charge in [-0.2, -0.15) is 0 Å². The van der Waals surface area contributed by atoms with Crippen molar-refractivity contribution >= 4 is 23.9 Å². The highest BCUT2D eigenvalue weighted by atomic mass is 16.6. The summed E-state index contributed by atoms with van der Waals surface area (Å²) in [7, 11) is 0. The molecule has 102 valence electrons. The fourth-order valence-electron chi connectivity index (χ4n) is 1.15. The molecule has 8 nitrogen and oxygen atoms in total. The zero-order valence-corrected chi connectivity index (χ0v) is 9.93. The first kappa shape index (κ1) is 16.0. The van der Waals surface area contributed by atoms with Crippen LogP contribution >= 0.6 is 0 Å². The summed E-state index contributed by atoms with van der Waals surface area (Å²) in [5, 5.41) is 20.2. The minimum Gasteiger partial charge on any atom is -0.550 e. The van der Waals surface area contributed by atoms with Crippen molar-refractivity contribution in [1.29, 1.82) is 0 Å². The summed E-state index contributed by atoms with van der Waals surface area (Å²) < 4.78 is 8.54. The van der Waals surface area contributed by atoms with Crippen molar-refractivity contribution in [3.63, 3.8) is 0 Å². The Labute approximate surface area is 102 Å². The van der Waals surface area contributed by atoms with E-state index in [1.165, 1.54) is 6.92 Å². The smallest absolute Gasteiger partial charge is 0.339 e. The summed E-state index contributed by atoms with van der Waals surface area (Å²) in [6.45, 7) is 2.27. The molecule has 0 radical (unpaired) electrons. The second kappa shape index (κ2) is 6.70. The van der Waals surface area contributed by atoms with Crippen LogP contribution in [0.3, 0.4) is 0 Å². The summed E-state index contributed by atoms with van der Waals surface area (Å²) in [6, 6.07) is 0. The molecule has 0 rings (SSSR count). The SMILES string of the molecule is CCOC(=O)C(O)(CC(=O)[O-])CC(=O)OC(C)=O. The topological polar surface area (TPSA) is 130 Å². The molecule has 0 amide bonds. The second-order valence-electron chi connectivity index (χ2n) is 3.44. The molecule has 0 bridgehead atoms. The number of rotatable bonds is 6. The number of hydrogen-bond donors (Lipinski definition) is 1. The predicted molar refractivity (Wildman–Crippen MR) is 52.6 cm³/mol. The van der Waals surface area contributed by atoms with Crippen LogP contribution in [0.2, 0.25) is 0 Å². The van der Waals surface area contributed by atoms with E-state index in [-0.39, 0.29) is 6.61 Å². The number of esters is 3. The second-order valence-corrected chi connectivity index (χ2v) is 3.44. The molecule has 0 aliphatic rings. The molecule has 0 aromatic rings. The number of carboxylic acids is 1. The van der Waals surface area contributed by atoms with Crippen LogP contribution in [0.25, 0.3) is 0 Å². The zero-order valence-electron chi connectivity index (χ0n) is 9.93.